The van der Waals surface area contributed by atoms with Gasteiger partial charge in [0.1, 0.15) is 5.58 Å². The van der Waals surface area contributed by atoms with Gasteiger partial charge in [0.2, 0.25) is 0 Å². The van der Waals surface area contributed by atoms with E-state index in [1.54, 1.807) is 11.0 Å². The number of nitrogens with zero attached hydrogens (tertiary/aromatic N) is 1. The highest BCUT2D eigenvalue weighted by molar-refractivity contribution is 9.11. The summed E-state index contributed by atoms with van der Waals surface area (Å²) in [4.78, 5) is 14.0. The Morgan fingerprint density at radius 1 is 1.35 bits per heavy atom. The number of carbonyl (C=O) groups is 1. The molecule has 1 aromatic carbocycles. The fourth-order valence-electron chi connectivity index (χ4n) is 2.31. The standard InChI is InChI=1S/C13H12Br2N2O2.ClH/c14-8-3-7-4-11(19-12(7)10(15)5-8)13(18)17-2-1-9(16)6-17;/h3-5,9H,1-2,6,16H2;1H/t9-;/m1./s1. The number of likely N-dealkylation sites (tertiary alicyclic amines) is 1. The van der Waals surface area contributed by atoms with Crippen LogP contribution in [0.15, 0.2) is 31.6 Å². The summed E-state index contributed by atoms with van der Waals surface area (Å²) in [5.41, 5.74) is 6.51. The second kappa shape index (κ2) is 6.05. The van der Waals surface area contributed by atoms with Gasteiger partial charge in [-0.2, -0.15) is 0 Å². The van der Waals surface area contributed by atoms with Crippen molar-refractivity contribution >= 4 is 61.1 Å². The van der Waals surface area contributed by atoms with Crippen LogP contribution in [0.4, 0.5) is 0 Å². The monoisotopic (exact) mass is 422 g/mol. The first kappa shape index (κ1) is 15.8. The molecule has 1 amide bonds. The third kappa shape index (κ3) is 2.88. The number of hydrogen-bond donors (Lipinski definition) is 1. The predicted octanol–water partition coefficient (Wildman–Crippen LogP) is 3.55. The Balaban J connectivity index is 0.00000147. The Morgan fingerprint density at radius 2 is 2.10 bits per heavy atom. The third-order valence-corrected chi connectivity index (χ3v) is 4.31. The van der Waals surface area contributed by atoms with E-state index in [-0.39, 0.29) is 24.4 Å². The number of nitrogens with two attached hydrogens (primary N) is 1. The van der Waals surface area contributed by atoms with Crippen LogP contribution in [0.5, 0.6) is 0 Å². The Bertz CT molecular complexity index is 659. The number of furan rings is 1. The molecule has 108 valence electrons. The summed E-state index contributed by atoms with van der Waals surface area (Å²) in [5.74, 6) is 0.273. The normalized spacial score (nSPS) is 18.4. The van der Waals surface area contributed by atoms with Crippen molar-refractivity contribution in [3.05, 3.63) is 32.9 Å². The van der Waals surface area contributed by atoms with Crippen molar-refractivity contribution < 1.29 is 9.21 Å². The zero-order chi connectivity index (χ0) is 13.6. The highest BCUT2D eigenvalue weighted by atomic mass is 79.9. The fourth-order valence-corrected chi connectivity index (χ4v) is 3.65. The van der Waals surface area contributed by atoms with Crippen LogP contribution < -0.4 is 5.73 Å². The highest BCUT2D eigenvalue weighted by Gasteiger charge is 2.27. The molecule has 4 nitrogen and oxygen atoms in total. The van der Waals surface area contributed by atoms with Crippen LogP contribution in [0.3, 0.4) is 0 Å². The lowest BCUT2D eigenvalue weighted by atomic mass is 10.2. The zero-order valence-electron chi connectivity index (χ0n) is 10.4. The minimum Gasteiger partial charge on any atom is -0.450 e. The van der Waals surface area contributed by atoms with Crippen molar-refractivity contribution in [3.8, 4) is 0 Å². The second-order valence-corrected chi connectivity index (χ2v) is 6.49. The molecule has 0 spiro atoms. The van der Waals surface area contributed by atoms with Gasteiger partial charge in [-0.1, -0.05) is 15.9 Å². The minimum absolute atomic E-state index is 0. The van der Waals surface area contributed by atoms with Crippen LogP contribution in [0, 0.1) is 0 Å². The predicted molar refractivity (Wildman–Crippen MR) is 87.4 cm³/mol. The summed E-state index contributed by atoms with van der Waals surface area (Å²) in [6.45, 7) is 1.29. The van der Waals surface area contributed by atoms with Gasteiger partial charge in [-0.15, -0.1) is 12.4 Å². The topological polar surface area (TPSA) is 59.5 Å². The van der Waals surface area contributed by atoms with E-state index < -0.39 is 0 Å². The molecule has 1 fully saturated rings. The number of benzene rings is 1. The zero-order valence-corrected chi connectivity index (χ0v) is 14.4. The van der Waals surface area contributed by atoms with Crippen LogP contribution in [0.1, 0.15) is 17.0 Å². The number of halogens is 3. The maximum atomic E-state index is 12.3. The number of rotatable bonds is 1. The molecular formula is C13H13Br2ClN2O2. The highest BCUT2D eigenvalue weighted by Crippen LogP contribution is 2.31. The molecular weight excluding hydrogens is 411 g/mol. The molecule has 1 aliphatic rings. The molecule has 0 saturated carbocycles. The maximum Gasteiger partial charge on any atom is 0.289 e. The molecule has 0 unspecified atom stereocenters. The van der Waals surface area contributed by atoms with Gasteiger partial charge in [-0.05, 0) is 40.5 Å². The Labute approximate surface area is 139 Å². The first-order valence-corrected chi connectivity index (χ1v) is 7.56. The fraction of sp³-hybridized carbons (Fsp3) is 0.308. The molecule has 1 atom stereocenters. The Morgan fingerprint density at radius 3 is 2.75 bits per heavy atom. The summed E-state index contributed by atoms with van der Waals surface area (Å²) >= 11 is 6.85. The van der Waals surface area contributed by atoms with E-state index in [0.717, 1.165) is 20.8 Å². The van der Waals surface area contributed by atoms with Crippen LogP contribution in [0.25, 0.3) is 11.0 Å². The van der Waals surface area contributed by atoms with Gasteiger partial charge >= 0.3 is 0 Å². The quantitative estimate of drug-likeness (QED) is 0.762. The van der Waals surface area contributed by atoms with Crippen molar-refractivity contribution in [3.63, 3.8) is 0 Å². The van der Waals surface area contributed by atoms with Crippen molar-refractivity contribution in [2.45, 2.75) is 12.5 Å². The van der Waals surface area contributed by atoms with Crippen molar-refractivity contribution in [2.75, 3.05) is 13.1 Å². The second-order valence-electron chi connectivity index (χ2n) is 4.72. The van der Waals surface area contributed by atoms with Gasteiger partial charge in [0.15, 0.2) is 5.76 Å². The average molecular weight is 425 g/mol. The molecule has 2 heterocycles. The molecule has 1 aliphatic heterocycles. The van der Waals surface area contributed by atoms with E-state index in [9.17, 15) is 4.79 Å². The molecule has 0 aliphatic carbocycles. The molecule has 1 saturated heterocycles. The lowest BCUT2D eigenvalue weighted by Gasteiger charge is -2.13. The summed E-state index contributed by atoms with van der Waals surface area (Å²) < 4.78 is 7.43. The van der Waals surface area contributed by atoms with E-state index in [0.29, 0.717) is 24.4 Å². The lowest BCUT2D eigenvalue weighted by Crippen LogP contribution is -2.31. The number of amides is 1. The van der Waals surface area contributed by atoms with Crippen LogP contribution in [0.2, 0.25) is 0 Å². The third-order valence-electron chi connectivity index (χ3n) is 3.26. The average Bonchev–Trinajstić information content (AvgIpc) is 2.94. The molecule has 1 aromatic heterocycles. The van der Waals surface area contributed by atoms with E-state index in [2.05, 4.69) is 31.9 Å². The number of fused-ring (bicyclic) bond motifs is 1. The van der Waals surface area contributed by atoms with Gasteiger partial charge in [0.05, 0.1) is 4.47 Å². The number of carbonyl (C=O) groups excluding carboxylic acids is 1. The van der Waals surface area contributed by atoms with Crippen LogP contribution >= 0.6 is 44.3 Å². The first-order valence-electron chi connectivity index (χ1n) is 5.98. The molecule has 0 bridgehead atoms. The summed E-state index contributed by atoms with van der Waals surface area (Å²) in [6.07, 6.45) is 0.848. The Kier molecular flexibility index (Phi) is 4.79. The summed E-state index contributed by atoms with van der Waals surface area (Å²) in [6, 6.07) is 5.67. The maximum absolute atomic E-state index is 12.3. The molecule has 20 heavy (non-hydrogen) atoms. The van der Waals surface area contributed by atoms with E-state index in [1.165, 1.54) is 0 Å². The van der Waals surface area contributed by atoms with E-state index in [1.807, 2.05) is 12.1 Å². The molecule has 2 N–H and O–H groups in total. The molecule has 2 aromatic rings. The van der Waals surface area contributed by atoms with E-state index in [4.69, 9.17) is 10.2 Å². The summed E-state index contributed by atoms with van der Waals surface area (Å²) in [7, 11) is 0. The van der Waals surface area contributed by atoms with Gasteiger partial charge in [0.25, 0.3) is 5.91 Å². The van der Waals surface area contributed by atoms with Gasteiger partial charge in [0, 0.05) is 29.0 Å². The van der Waals surface area contributed by atoms with Gasteiger partial charge in [-0.3, -0.25) is 4.79 Å². The Hall–Kier alpha value is -0.560. The lowest BCUT2D eigenvalue weighted by molar-refractivity contribution is 0.0761. The van der Waals surface area contributed by atoms with Gasteiger partial charge < -0.3 is 15.1 Å². The SMILES string of the molecule is Cl.N[C@@H]1CCN(C(=O)c2cc3cc(Br)cc(Br)c3o2)C1. The van der Waals surface area contributed by atoms with Crippen molar-refractivity contribution in [1.29, 1.82) is 0 Å². The van der Waals surface area contributed by atoms with E-state index >= 15 is 0 Å². The van der Waals surface area contributed by atoms with Crippen LogP contribution in [-0.4, -0.2) is 29.9 Å². The van der Waals surface area contributed by atoms with Crippen molar-refractivity contribution in [2.24, 2.45) is 5.73 Å². The molecule has 3 rings (SSSR count). The molecule has 0 radical (unpaired) electrons. The largest absolute Gasteiger partial charge is 0.450 e. The summed E-state index contributed by atoms with van der Waals surface area (Å²) in [5, 5.41) is 0.896. The van der Waals surface area contributed by atoms with Crippen LogP contribution in [-0.2, 0) is 0 Å². The van der Waals surface area contributed by atoms with Crippen molar-refractivity contribution in [1.82, 2.24) is 4.90 Å². The molecule has 7 heteroatoms. The van der Waals surface area contributed by atoms with Gasteiger partial charge in [-0.25, -0.2) is 0 Å². The minimum atomic E-state index is -0.0906. The first-order chi connectivity index (χ1) is 9.04. The smallest absolute Gasteiger partial charge is 0.289 e. The number of hydrogen-bond acceptors (Lipinski definition) is 3.